The van der Waals surface area contributed by atoms with E-state index < -0.39 is 0 Å². The van der Waals surface area contributed by atoms with Crippen molar-refractivity contribution in [3.8, 4) is 11.5 Å². The molecule has 0 aliphatic heterocycles. The Morgan fingerprint density at radius 2 is 1.58 bits per heavy atom. The number of rotatable bonds is 22. The lowest BCUT2D eigenvalue weighted by Crippen LogP contribution is -2.31. The first-order chi connectivity index (χ1) is 21.0. The van der Waals surface area contributed by atoms with E-state index in [4.69, 9.17) is 56.0 Å². The largest absolute Gasteiger partial charge is 0.504 e. The van der Waals surface area contributed by atoms with Crippen LogP contribution in [0.2, 0.25) is 0 Å². The van der Waals surface area contributed by atoms with E-state index in [0.29, 0.717) is 95.3 Å². The number of phenolic OH excluding ortho intramolecular Hbond substituents is 1. The molecule has 0 saturated carbocycles. The zero-order valence-electron chi connectivity index (χ0n) is 24.3. The van der Waals surface area contributed by atoms with Crippen LogP contribution in [0.25, 0.3) is 16.5 Å². The van der Waals surface area contributed by atoms with Gasteiger partial charge in [0.05, 0.1) is 83.7 Å². The number of ether oxygens (including phenoxy) is 6. The number of phenols is 1. The molecular weight excluding hydrogens is 582 g/mol. The van der Waals surface area contributed by atoms with E-state index in [1.807, 2.05) is 18.2 Å². The van der Waals surface area contributed by atoms with Gasteiger partial charge in [-0.3, -0.25) is 4.79 Å². The quantitative estimate of drug-likeness (QED) is 0.0762. The van der Waals surface area contributed by atoms with Gasteiger partial charge >= 0.3 is 0 Å². The zero-order chi connectivity index (χ0) is 30.7. The summed E-state index contributed by atoms with van der Waals surface area (Å²) in [6.45, 7) is 4.93. The van der Waals surface area contributed by atoms with E-state index in [0.717, 1.165) is 18.4 Å². The molecule has 2 aromatic rings. The number of aromatic hydroxyl groups is 1. The van der Waals surface area contributed by atoms with Crippen LogP contribution in [-0.2, 0) is 23.7 Å². The molecule has 5 N–H and O–H groups in total. The van der Waals surface area contributed by atoms with Crippen LogP contribution < -0.4 is 21.7 Å². The third kappa shape index (κ3) is 12.6. The van der Waals surface area contributed by atoms with E-state index in [-0.39, 0.29) is 29.1 Å². The maximum absolute atomic E-state index is 12.7. The number of hydrogen-bond donors (Lipinski definition) is 3. The Balaban J connectivity index is 1.31. The van der Waals surface area contributed by atoms with Crippen LogP contribution in [-0.4, -0.2) is 95.2 Å². The first-order valence-electron chi connectivity index (χ1n) is 14.2. The van der Waals surface area contributed by atoms with Gasteiger partial charge in [0.1, 0.15) is 12.4 Å². The minimum absolute atomic E-state index is 0.0303. The first-order valence-corrected chi connectivity index (χ1v) is 14.7. The molecule has 0 amide bonds. The Labute approximate surface area is 256 Å². The number of nitrogens with two attached hydrogens (primary N) is 2. The summed E-state index contributed by atoms with van der Waals surface area (Å²) in [7, 11) is 0. The summed E-state index contributed by atoms with van der Waals surface area (Å²) >= 11 is 5.51. The number of halogens is 1. The minimum Gasteiger partial charge on any atom is -0.504 e. The number of allylic oxidation sites excluding steroid dienone is 4. The van der Waals surface area contributed by atoms with Crippen LogP contribution in [0.15, 0.2) is 57.5 Å². The van der Waals surface area contributed by atoms with E-state index >= 15 is 0 Å². The molecule has 1 aliphatic carbocycles. The number of hydrogen-bond acceptors (Lipinski definition) is 12. The summed E-state index contributed by atoms with van der Waals surface area (Å²) in [4.78, 5) is 12.7. The second kappa shape index (κ2) is 20.0. The second-order valence-corrected chi connectivity index (χ2v) is 9.76. The Hall–Kier alpha value is -3.10. The highest BCUT2D eigenvalue weighted by Crippen LogP contribution is 2.35. The number of fused-ring (bicyclic) bond motifs is 1. The molecule has 1 aliphatic rings. The van der Waals surface area contributed by atoms with E-state index in [2.05, 4.69) is 0 Å². The van der Waals surface area contributed by atoms with Crippen LogP contribution >= 0.6 is 11.6 Å². The summed E-state index contributed by atoms with van der Waals surface area (Å²) < 4.78 is 38.8. The zero-order valence-corrected chi connectivity index (χ0v) is 25.1. The third-order valence-electron chi connectivity index (χ3n) is 6.03. The fourth-order valence-corrected chi connectivity index (χ4v) is 4.05. The van der Waals surface area contributed by atoms with Gasteiger partial charge in [0.25, 0.3) is 0 Å². The molecule has 12 nitrogen and oxygen atoms in total. The molecule has 0 fully saturated rings. The van der Waals surface area contributed by atoms with Gasteiger partial charge in [-0.1, -0.05) is 18.2 Å². The fourth-order valence-electron chi connectivity index (χ4n) is 3.94. The van der Waals surface area contributed by atoms with Gasteiger partial charge in [0.2, 0.25) is 5.75 Å². The van der Waals surface area contributed by atoms with Crippen LogP contribution in [0.4, 0.5) is 0 Å². The van der Waals surface area contributed by atoms with Crippen molar-refractivity contribution in [2.45, 2.75) is 12.8 Å². The predicted molar refractivity (Wildman–Crippen MR) is 164 cm³/mol. The average Bonchev–Trinajstić information content (AvgIpc) is 3.00. The standard InChI is InChI=1S/C30H42ClN3O9/c31-8-10-37-12-14-39-16-18-41-19-17-40-15-13-38-11-9-34(33)21-24(32)22-42-30-26(35)7-6-25-27(36)20-28(43-29(25)30)23-4-2-1-3-5-23/h2,4-7,20-21,35H,1,3,8-19,22,32-33H2/b24-21-. The van der Waals surface area contributed by atoms with Crippen molar-refractivity contribution in [1.29, 1.82) is 0 Å². The summed E-state index contributed by atoms with van der Waals surface area (Å²) in [6, 6.07) is 4.33. The molecule has 1 heterocycles. The number of benzene rings is 1. The molecule has 0 spiro atoms. The van der Waals surface area contributed by atoms with Crippen molar-refractivity contribution in [2.75, 3.05) is 85.1 Å². The molecule has 0 unspecified atom stereocenters. The lowest BCUT2D eigenvalue weighted by Gasteiger charge is -2.16. The van der Waals surface area contributed by atoms with Crippen LogP contribution in [0.1, 0.15) is 18.6 Å². The molecule has 0 atom stereocenters. The molecule has 3 rings (SSSR count). The SMILES string of the molecule is N/C(=C\N(N)CCOCCOCCOCCOCCOCCCl)COc1c(O)ccc2c(=O)cc(C3=CCCC=C3)oc12. The summed E-state index contributed by atoms with van der Waals surface area (Å²) in [5.74, 6) is 6.74. The molecule has 43 heavy (non-hydrogen) atoms. The van der Waals surface area contributed by atoms with Crippen LogP contribution in [0, 0.1) is 0 Å². The van der Waals surface area contributed by atoms with Gasteiger partial charge in [-0.25, -0.2) is 5.84 Å². The van der Waals surface area contributed by atoms with Crippen molar-refractivity contribution in [2.24, 2.45) is 11.6 Å². The molecule has 238 valence electrons. The number of hydrazine groups is 1. The molecule has 0 bridgehead atoms. The van der Waals surface area contributed by atoms with E-state index in [1.54, 1.807) is 0 Å². The van der Waals surface area contributed by atoms with E-state index in [1.165, 1.54) is 29.4 Å². The van der Waals surface area contributed by atoms with Crippen LogP contribution in [0.5, 0.6) is 11.5 Å². The van der Waals surface area contributed by atoms with Gasteiger partial charge < -0.3 is 48.7 Å². The van der Waals surface area contributed by atoms with Gasteiger partial charge in [0, 0.05) is 23.7 Å². The topological polar surface area (TPSA) is 161 Å². The Bertz CT molecular complexity index is 1270. The fraction of sp³-hybridized carbons (Fsp3) is 0.500. The smallest absolute Gasteiger partial charge is 0.205 e. The maximum atomic E-state index is 12.7. The maximum Gasteiger partial charge on any atom is 0.205 e. The molecule has 13 heteroatoms. The highest BCUT2D eigenvalue weighted by atomic mass is 35.5. The van der Waals surface area contributed by atoms with Crippen molar-refractivity contribution in [1.82, 2.24) is 5.01 Å². The van der Waals surface area contributed by atoms with Crippen LogP contribution in [0.3, 0.4) is 0 Å². The van der Waals surface area contributed by atoms with Crippen molar-refractivity contribution in [3.63, 3.8) is 0 Å². The number of nitrogens with zero attached hydrogens (tertiary/aromatic N) is 1. The summed E-state index contributed by atoms with van der Waals surface area (Å²) in [6.07, 6.45) is 9.22. The van der Waals surface area contributed by atoms with Crippen molar-refractivity contribution < 1.29 is 37.9 Å². The average molecular weight is 624 g/mol. The second-order valence-electron chi connectivity index (χ2n) is 9.39. The predicted octanol–water partition coefficient (Wildman–Crippen LogP) is 2.91. The van der Waals surface area contributed by atoms with Gasteiger partial charge in [0.15, 0.2) is 16.8 Å². The van der Waals surface area contributed by atoms with Gasteiger partial charge in [-0.15, -0.1) is 11.6 Å². The lowest BCUT2D eigenvalue weighted by molar-refractivity contribution is -0.0108. The highest BCUT2D eigenvalue weighted by molar-refractivity contribution is 6.17. The first kappa shape index (κ1) is 34.4. The monoisotopic (exact) mass is 623 g/mol. The Morgan fingerprint density at radius 3 is 2.19 bits per heavy atom. The lowest BCUT2D eigenvalue weighted by atomic mass is 10.0. The normalized spacial score (nSPS) is 13.4. The Kier molecular flexibility index (Phi) is 16.0. The molecule has 1 aromatic carbocycles. The summed E-state index contributed by atoms with van der Waals surface area (Å²) in [5, 5.41) is 12.1. The minimum atomic E-state index is -0.238. The highest BCUT2D eigenvalue weighted by Gasteiger charge is 2.16. The molecule has 0 radical (unpaired) electrons. The third-order valence-corrected chi connectivity index (χ3v) is 6.18. The van der Waals surface area contributed by atoms with E-state index in [9.17, 15) is 9.90 Å². The number of alkyl halides is 1. The molecule has 0 saturated heterocycles. The van der Waals surface area contributed by atoms with Crippen molar-refractivity contribution in [3.05, 3.63) is 64.3 Å². The van der Waals surface area contributed by atoms with Crippen molar-refractivity contribution >= 4 is 28.1 Å². The molecular formula is C30H42ClN3O9. The van der Waals surface area contributed by atoms with Gasteiger partial charge in [-0.2, -0.15) is 0 Å². The molecule has 1 aromatic heterocycles. The Morgan fingerprint density at radius 1 is 0.953 bits per heavy atom. The van der Waals surface area contributed by atoms with Gasteiger partial charge in [-0.05, 0) is 25.0 Å². The summed E-state index contributed by atoms with van der Waals surface area (Å²) in [5.41, 5.74) is 7.10.